The molecule has 0 aliphatic heterocycles. The van der Waals surface area contributed by atoms with Crippen molar-refractivity contribution in [3.8, 4) is 24.1 Å². The SMILES string of the molecule is CC(C)(C)OC#Cc1cccc2c(C#COC(C)(C)C)cccc12. The number of benzene rings is 2. The van der Waals surface area contributed by atoms with Crippen LogP contribution in [0.4, 0.5) is 0 Å². The molecule has 0 N–H and O–H groups in total. The average molecular weight is 320 g/mol. The first kappa shape index (κ1) is 17.8. The molecule has 0 aromatic heterocycles. The van der Waals surface area contributed by atoms with E-state index in [2.05, 4.69) is 24.1 Å². The topological polar surface area (TPSA) is 18.5 Å². The maximum Gasteiger partial charge on any atom is 0.116 e. The number of rotatable bonds is 0. The fraction of sp³-hybridized carbons (Fsp3) is 0.364. The average Bonchev–Trinajstić information content (AvgIpc) is 2.45. The van der Waals surface area contributed by atoms with E-state index in [0.29, 0.717) is 0 Å². The molecule has 2 aromatic rings. The van der Waals surface area contributed by atoms with Gasteiger partial charge in [-0.15, -0.1) is 0 Å². The van der Waals surface area contributed by atoms with Crippen molar-refractivity contribution in [3.63, 3.8) is 0 Å². The molecule has 2 nitrogen and oxygen atoms in total. The molecule has 24 heavy (non-hydrogen) atoms. The molecule has 0 unspecified atom stereocenters. The molecule has 0 fully saturated rings. The van der Waals surface area contributed by atoms with Gasteiger partial charge in [0.1, 0.15) is 23.4 Å². The van der Waals surface area contributed by atoms with E-state index in [0.717, 1.165) is 21.9 Å². The van der Waals surface area contributed by atoms with E-state index >= 15 is 0 Å². The molecule has 0 saturated heterocycles. The van der Waals surface area contributed by atoms with Crippen LogP contribution in [-0.2, 0) is 9.47 Å². The third-order valence-electron chi connectivity index (χ3n) is 3.01. The second kappa shape index (κ2) is 6.90. The summed E-state index contributed by atoms with van der Waals surface area (Å²) < 4.78 is 11.0. The van der Waals surface area contributed by atoms with Crippen LogP contribution in [0.5, 0.6) is 0 Å². The lowest BCUT2D eigenvalue weighted by Gasteiger charge is -2.14. The van der Waals surface area contributed by atoms with E-state index in [-0.39, 0.29) is 11.2 Å². The van der Waals surface area contributed by atoms with E-state index in [4.69, 9.17) is 9.47 Å². The minimum atomic E-state index is -0.279. The molecule has 0 saturated carbocycles. The van der Waals surface area contributed by atoms with Gasteiger partial charge in [0.15, 0.2) is 0 Å². The molecule has 0 bridgehead atoms. The number of hydrogen-bond donors (Lipinski definition) is 0. The van der Waals surface area contributed by atoms with Crippen molar-refractivity contribution in [2.24, 2.45) is 0 Å². The minimum Gasteiger partial charge on any atom is -0.441 e. The highest BCUT2D eigenvalue weighted by Gasteiger charge is 2.09. The van der Waals surface area contributed by atoms with E-state index in [1.54, 1.807) is 0 Å². The molecule has 0 radical (unpaired) electrons. The Labute approximate surface area is 145 Å². The van der Waals surface area contributed by atoms with Crippen LogP contribution in [0.25, 0.3) is 10.8 Å². The normalized spacial score (nSPS) is 11.1. The van der Waals surface area contributed by atoms with Crippen molar-refractivity contribution < 1.29 is 9.47 Å². The van der Waals surface area contributed by atoms with Crippen molar-refractivity contribution in [3.05, 3.63) is 47.5 Å². The van der Waals surface area contributed by atoms with Crippen LogP contribution in [0.15, 0.2) is 36.4 Å². The molecular formula is C22H24O2. The van der Waals surface area contributed by atoms with Gasteiger partial charge < -0.3 is 9.47 Å². The van der Waals surface area contributed by atoms with Crippen LogP contribution >= 0.6 is 0 Å². The molecule has 0 amide bonds. The Morgan fingerprint density at radius 1 is 0.625 bits per heavy atom. The Kier molecular flexibility index (Phi) is 5.10. The highest BCUT2D eigenvalue weighted by atomic mass is 16.5. The summed E-state index contributed by atoms with van der Waals surface area (Å²) in [5.41, 5.74) is 1.30. The third-order valence-corrected chi connectivity index (χ3v) is 3.01. The standard InChI is InChI=1S/C22H24O2/c1-21(2,3)23-15-13-17-9-7-12-20-18(10-8-11-19(17)20)14-16-24-22(4,5)6/h7-12H,1-6H3. The molecule has 2 heteroatoms. The van der Waals surface area contributed by atoms with E-state index in [1.165, 1.54) is 0 Å². The highest BCUT2D eigenvalue weighted by molar-refractivity contribution is 5.92. The largest absolute Gasteiger partial charge is 0.441 e. The minimum absolute atomic E-state index is 0.279. The lowest BCUT2D eigenvalue weighted by molar-refractivity contribution is 0.0958. The fourth-order valence-corrected chi connectivity index (χ4v) is 2.00. The Hall–Kier alpha value is -2.58. The molecule has 0 aliphatic rings. The second-order valence-corrected chi connectivity index (χ2v) is 7.59. The van der Waals surface area contributed by atoms with E-state index in [1.807, 2.05) is 77.9 Å². The van der Waals surface area contributed by atoms with Gasteiger partial charge in [-0.2, -0.15) is 0 Å². The maximum atomic E-state index is 5.51. The van der Waals surface area contributed by atoms with Gasteiger partial charge in [0.2, 0.25) is 0 Å². The van der Waals surface area contributed by atoms with Gasteiger partial charge in [-0.25, -0.2) is 0 Å². The van der Waals surface area contributed by atoms with Crippen molar-refractivity contribution in [2.45, 2.75) is 52.7 Å². The molecule has 0 aliphatic carbocycles. The van der Waals surface area contributed by atoms with Gasteiger partial charge in [-0.05, 0) is 76.3 Å². The van der Waals surface area contributed by atoms with Crippen LogP contribution in [-0.4, -0.2) is 11.2 Å². The van der Waals surface area contributed by atoms with Crippen LogP contribution in [0.1, 0.15) is 52.7 Å². The molecule has 0 atom stereocenters. The molecule has 2 rings (SSSR count). The molecule has 0 spiro atoms. The van der Waals surface area contributed by atoms with Crippen LogP contribution in [0.2, 0.25) is 0 Å². The molecule has 2 aromatic carbocycles. The van der Waals surface area contributed by atoms with E-state index in [9.17, 15) is 0 Å². The Morgan fingerprint density at radius 2 is 1.00 bits per heavy atom. The lowest BCUT2D eigenvalue weighted by atomic mass is 10.0. The van der Waals surface area contributed by atoms with Crippen molar-refractivity contribution in [1.82, 2.24) is 0 Å². The summed E-state index contributed by atoms with van der Waals surface area (Å²) in [6, 6.07) is 12.0. The first-order valence-electron chi connectivity index (χ1n) is 8.05. The maximum absolute atomic E-state index is 5.51. The zero-order valence-corrected chi connectivity index (χ0v) is 15.3. The van der Waals surface area contributed by atoms with Gasteiger partial charge in [0.05, 0.1) is 0 Å². The second-order valence-electron chi connectivity index (χ2n) is 7.59. The first-order chi connectivity index (χ1) is 11.2. The summed E-state index contributed by atoms with van der Waals surface area (Å²) in [6.07, 6.45) is 5.61. The molecule has 124 valence electrons. The lowest BCUT2D eigenvalue weighted by Crippen LogP contribution is -2.15. The van der Waals surface area contributed by atoms with Crippen LogP contribution in [0, 0.1) is 24.1 Å². The fourth-order valence-electron chi connectivity index (χ4n) is 2.00. The summed E-state index contributed by atoms with van der Waals surface area (Å²) in [7, 11) is 0. The zero-order valence-electron chi connectivity index (χ0n) is 15.3. The predicted molar refractivity (Wildman–Crippen MR) is 99.4 cm³/mol. The summed E-state index contributed by atoms with van der Waals surface area (Å²) in [6.45, 7) is 11.9. The monoisotopic (exact) mass is 320 g/mol. The summed E-state index contributed by atoms with van der Waals surface area (Å²) in [4.78, 5) is 0. The zero-order chi connectivity index (χ0) is 17.8. The first-order valence-corrected chi connectivity index (χ1v) is 8.05. The van der Waals surface area contributed by atoms with Crippen molar-refractivity contribution in [2.75, 3.05) is 0 Å². The van der Waals surface area contributed by atoms with Gasteiger partial charge in [0.25, 0.3) is 0 Å². The van der Waals surface area contributed by atoms with Gasteiger partial charge in [-0.1, -0.05) is 24.3 Å². The third kappa shape index (κ3) is 5.25. The van der Waals surface area contributed by atoms with E-state index < -0.39 is 0 Å². The Morgan fingerprint density at radius 3 is 1.33 bits per heavy atom. The van der Waals surface area contributed by atoms with Crippen molar-refractivity contribution >= 4 is 10.8 Å². The summed E-state index contributed by atoms with van der Waals surface area (Å²) in [5.74, 6) is 6.20. The number of hydrogen-bond acceptors (Lipinski definition) is 2. The van der Waals surface area contributed by atoms with Gasteiger partial charge in [0, 0.05) is 11.1 Å². The number of fused-ring (bicyclic) bond motifs is 1. The Bertz CT molecular complexity index is 768. The highest BCUT2D eigenvalue weighted by Crippen LogP contribution is 2.22. The molecular weight excluding hydrogens is 296 g/mol. The van der Waals surface area contributed by atoms with Crippen molar-refractivity contribution in [1.29, 1.82) is 0 Å². The van der Waals surface area contributed by atoms with Crippen LogP contribution in [0.3, 0.4) is 0 Å². The quantitative estimate of drug-likeness (QED) is 0.630. The summed E-state index contributed by atoms with van der Waals surface area (Å²) in [5, 5.41) is 2.12. The van der Waals surface area contributed by atoms with Gasteiger partial charge in [-0.3, -0.25) is 0 Å². The van der Waals surface area contributed by atoms with Crippen LogP contribution < -0.4 is 0 Å². The Balaban J connectivity index is 2.39. The number of ether oxygens (including phenoxy) is 2. The molecule has 0 heterocycles. The summed E-state index contributed by atoms with van der Waals surface area (Å²) >= 11 is 0. The predicted octanol–water partition coefficient (Wildman–Crippen LogP) is 5.09. The van der Waals surface area contributed by atoms with Gasteiger partial charge >= 0.3 is 0 Å². The smallest absolute Gasteiger partial charge is 0.116 e.